The molecule has 59 heavy (non-hydrogen) atoms. The maximum Gasteiger partial charge on any atom is 1.00 e. The Hall–Kier alpha value is -6.68. The van der Waals surface area contributed by atoms with Crippen molar-refractivity contribution in [2.45, 2.75) is 13.8 Å². The molecule has 6 heterocycles. The fourth-order valence-corrected chi connectivity index (χ4v) is 5.86. The number of hydrogen-bond acceptors (Lipinski definition) is 12. The van der Waals surface area contributed by atoms with Crippen LogP contribution in [0.1, 0.15) is 15.3 Å². The molecule has 4 N–H and O–H groups in total. The Labute approximate surface area is 360 Å². The summed E-state index contributed by atoms with van der Waals surface area (Å²) in [6, 6.07) is 30.0. The Morgan fingerprint density at radius 2 is 0.831 bits per heavy atom. The Balaban J connectivity index is 0.000000168. The molecule has 0 saturated carbocycles. The number of pyridine rings is 3. The molecular formula is C43H36F3N12Na. The van der Waals surface area contributed by atoms with E-state index in [2.05, 4.69) is 55.5 Å². The van der Waals surface area contributed by atoms with E-state index >= 15 is 0 Å². The number of fused-ring (bicyclic) bond motifs is 3. The van der Waals surface area contributed by atoms with Crippen LogP contribution in [0, 0.1) is 17.5 Å². The smallest absolute Gasteiger partial charge is 1.00 e. The fraction of sp³-hybridized carbons (Fsp3) is 0.0930. The standard InChI is InChI=1S/2C15H13FN4.C13H9FN4.Na.H/c2*1-2-17-15-14-13(18-9-19-15)7-6-12(20-14)10-4-3-5-11(16)8-10;14-9-3-1-2-8(6-9)10-4-5-11-12(18-10)13(15)17-7-16-11;;/h2*3-9H,2H2,1H3,(H,17,18,19);1-7H,(H2,15,16,17);;/q;;;+1;-1. The number of rotatable bonds is 7. The van der Waals surface area contributed by atoms with Gasteiger partial charge in [0.05, 0.1) is 33.6 Å². The molecule has 0 atom stereocenters. The van der Waals surface area contributed by atoms with Crippen molar-refractivity contribution in [1.82, 2.24) is 44.9 Å². The molecule has 9 rings (SSSR count). The first kappa shape index (κ1) is 41.9. The van der Waals surface area contributed by atoms with Gasteiger partial charge in [0.1, 0.15) is 53.0 Å². The number of nitrogens with one attached hydrogen (secondary N) is 2. The molecule has 0 amide bonds. The van der Waals surface area contributed by atoms with Crippen molar-refractivity contribution in [3.8, 4) is 33.8 Å². The summed E-state index contributed by atoms with van der Waals surface area (Å²) < 4.78 is 39.8. The summed E-state index contributed by atoms with van der Waals surface area (Å²) in [5.74, 6) is 0.845. The zero-order valence-corrected chi connectivity index (χ0v) is 34.3. The Morgan fingerprint density at radius 1 is 0.475 bits per heavy atom. The van der Waals surface area contributed by atoms with E-state index in [0.717, 1.165) is 35.2 Å². The predicted octanol–water partition coefficient (Wildman–Crippen LogP) is 6.06. The van der Waals surface area contributed by atoms with Crippen LogP contribution in [0.2, 0.25) is 0 Å². The molecule has 0 unspecified atom stereocenters. The van der Waals surface area contributed by atoms with Crippen LogP contribution in [0.4, 0.5) is 30.6 Å². The molecule has 0 spiro atoms. The first-order valence-electron chi connectivity index (χ1n) is 18.2. The second kappa shape index (κ2) is 19.7. The van der Waals surface area contributed by atoms with Gasteiger partial charge in [-0.15, -0.1) is 0 Å². The maximum atomic E-state index is 13.3. The Morgan fingerprint density at radius 3 is 1.20 bits per heavy atom. The largest absolute Gasteiger partial charge is 1.00 e. The van der Waals surface area contributed by atoms with Crippen LogP contribution in [0.3, 0.4) is 0 Å². The van der Waals surface area contributed by atoms with Crippen LogP contribution in [0.5, 0.6) is 0 Å². The minimum Gasteiger partial charge on any atom is -1.00 e. The molecule has 12 nitrogen and oxygen atoms in total. The topological polar surface area (TPSA) is 166 Å². The van der Waals surface area contributed by atoms with Crippen molar-refractivity contribution < 1.29 is 44.2 Å². The molecular weight excluding hydrogens is 765 g/mol. The number of nitrogens with zero attached hydrogens (tertiary/aromatic N) is 9. The van der Waals surface area contributed by atoms with Crippen molar-refractivity contribution >= 4 is 50.6 Å². The van der Waals surface area contributed by atoms with Gasteiger partial charge in [0.2, 0.25) is 0 Å². The van der Waals surface area contributed by atoms with Crippen LogP contribution >= 0.6 is 0 Å². The number of aromatic nitrogens is 9. The summed E-state index contributed by atoms with van der Waals surface area (Å²) in [6.45, 7) is 5.48. The summed E-state index contributed by atoms with van der Waals surface area (Å²) in [6.07, 6.45) is 4.40. The minimum absolute atomic E-state index is 0. The summed E-state index contributed by atoms with van der Waals surface area (Å²) in [7, 11) is 0. The number of halogens is 3. The normalized spacial score (nSPS) is 10.5. The minimum atomic E-state index is -0.299. The van der Waals surface area contributed by atoms with Gasteiger partial charge in [0, 0.05) is 29.8 Å². The maximum absolute atomic E-state index is 13.3. The third kappa shape index (κ3) is 10.3. The predicted molar refractivity (Wildman–Crippen MR) is 222 cm³/mol. The third-order valence-electron chi connectivity index (χ3n) is 8.52. The quantitative estimate of drug-likeness (QED) is 0.160. The fourth-order valence-electron chi connectivity index (χ4n) is 5.86. The second-order valence-electron chi connectivity index (χ2n) is 12.5. The van der Waals surface area contributed by atoms with E-state index in [9.17, 15) is 13.2 Å². The number of nitrogens with two attached hydrogens (primary N) is 1. The summed E-state index contributed by atoms with van der Waals surface area (Å²) in [4.78, 5) is 38.2. The molecule has 0 saturated heterocycles. The molecule has 9 aromatic rings. The molecule has 0 aliphatic rings. The summed E-state index contributed by atoms with van der Waals surface area (Å²) >= 11 is 0. The van der Waals surface area contributed by atoms with Gasteiger partial charge in [-0.05, 0) is 86.6 Å². The average Bonchev–Trinajstić information content (AvgIpc) is 3.24. The molecule has 3 aromatic carbocycles. The van der Waals surface area contributed by atoms with Gasteiger partial charge in [-0.25, -0.2) is 58.0 Å². The van der Waals surface area contributed by atoms with Crippen molar-refractivity contribution in [3.63, 3.8) is 0 Å². The van der Waals surface area contributed by atoms with Crippen molar-refractivity contribution in [3.05, 3.63) is 146 Å². The third-order valence-corrected chi connectivity index (χ3v) is 8.52. The van der Waals surface area contributed by atoms with Crippen LogP contribution in [0.15, 0.2) is 128 Å². The van der Waals surface area contributed by atoms with E-state index in [-0.39, 0.29) is 48.4 Å². The van der Waals surface area contributed by atoms with Crippen LogP contribution in [-0.2, 0) is 0 Å². The molecule has 0 fully saturated rings. The second-order valence-corrected chi connectivity index (χ2v) is 12.5. The Bertz CT molecular complexity index is 2740. The average molecular weight is 801 g/mol. The van der Waals surface area contributed by atoms with Crippen LogP contribution < -0.4 is 45.9 Å². The molecule has 0 aliphatic carbocycles. The molecule has 6 aromatic heterocycles. The zero-order valence-electron chi connectivity index (χ0n) is 33.3. The van der Waals surface area contributed by atoms with Crippen LogP contribution in [0.25, 0.3) is 66.9 Å². The van der Waals surface area contributed by atoms with Gasteiger partial charge in [-0.3, -0.25) is 0 Å². The van der Waals surface area contributed by atoms with E-state index in [1.54, 1.807) is 36.4 Å². The van der Waals surface area contributed by atoms with Gasteiger partial charge in [0.15, 0.2) is 17.5 Å². The van der Waals surface area contributed by atoms with Crippen molar-refractivity contribution in [2.75, 3.05) is 29.5 Å². The van der Waals surface area contributed by atoms with E-state index in [0.29, 0.717) is 62.2 Å². The molecule has 290 valence electrons. The number of anilines is 3. The van der Waals surface area contributed by atoms with E-state index < -0.39 is 0 Å². The van der Waals surface area contributed by atoms with Gasteiger partial charge < -0.3 is 17.8 Å². The number of benzene rings is 3. The monoisotopic (exact) mass is 800 g/mol. The van der Waals surface area contributed by atoms with Gasteiger partial charge in [-0.2, -0.15) is 0 Å². The molecule has 0 bridgehead atoms. The van der Waals surface area contributed by atoms with E-state index in [1.165, 1.54) is 55.4 Å². The summed E-state index contributed by atoms with van der Waals surface area (Å²) in [5, 5.41) is 6.31. The van der Waals surface area contributed by atoms with Gasteiger partial charge in [-0.1, -0.05) is 36.4 Å². The number of nitrogen functional groups attached to an aromatic ring is 1. The van der Waals surface area contributed by atoms with Crippen LogP contribution in [-0.4, -0.2) is 57.9 Å². The SMILES string of the molecule is CCNc1ncnc2ccc(-c3cccc(F)c3)nc12.CCNc1ncnc2ccc(-c3cccc(F)c3)nc12.Nc1ncnc2ccc(-c3cccc(F)c3)nc12.[H-].[Na+]. The first-order valence-corrected chi connectivity index (χ1v) is 18.2. The van der Waals surface area contributed by atoms with Gasteiger partial charge >= 0.3 is 29.6 Å². The molecule has 0 radical (unpaired) electrons. The first-order chi connectivity index (χ1) is 28.3. The molecule has 16 heteroatoms. The Kier molecular flexibility index (Phi) is 14.0. The molecule has 0 aliphatic heterocycles. The zero-order chi connectivity index (χ0) is 40.4. The number of hydrogen-bond donors (Lipinski definition) is 3. The van der Waals surface area contributed by atoms with Gasteiger partial charge in [0.25, 0.3) is 0 Å². The van der Waals surface area contributed by atoms with E-state index in [4.69, 9.17) is 5.73 Å². The van der Waals surface area contributed by atoms with E-state index in [1.807, 2.05) is 50.2 Å². The summed E-state index contributed by atoms with van der Waals surface area (Å²) in [5.41, 5.74) is 14.0. The van der Waals surface area contributed by atoms with Crippen molar-refractivity contribution in [2.24, 2.45) is 0 Å². The van der Waals surface area contributed by atoms with Crippen molar-refractivity contribution in [1.29, 1.82) is 0 Å².